The number of para-hydroxylation sites is 1. The van der Waals surface area contributed by atoms with Crippen molar-refractivity contribution in [2.75, 3.05) is 18.5 Å². The highest BCUT2D eigenvalue weighted by molar-refractivity contribution is 6.01. The largest absolute Gasteiger partial charge is 0.462 e. The van der Waals surface area contributed by atoms with Crippen molar-refractivity contribution in [2.24, 2.45) is 0 Å². The van der Waals surface area contributed by atoms with Crippen LogP contribution in [-0.4, -0.2) is 25.0 Å². The van der Waals surface area contributed by atoms with Gasteiger partial charge in [0.2, 0.25) is 5.91 Å². The quantitative estimate of drug-likeness (QED) is 0.768. The van der Waals surface area contributed by atoms with E-state index in [1.807, 2.05) is 31.2 Å². The Balaban J connectivity index is 1.88. The van der Waals surface area contributed by atoms with Gasteiger partial charge in [-0.2, -0.15) is 0 Å². The van der Waals surface area contributed by atoms with Crippen molar-refractivity contribution in [3.63, 3.8) is 0 Å². The van der Waals surface area contributed by atoms with E-state index < -0.39 is 5.97 Å². The summed E-state index contributed by atoms with van der Waals surface area (Å²) in [5.41, 5.74) is 3.12. The lowest BCUT2D eigenvalue weighted by atomic mass is 10.1. The van der Waals surface area contributed by atoms with Gasteiger partial charge in [-0.3, -0.25) is 4.79 Å². The van der Waals surface area contributed by atoms with Crippen LogP contribution in [0.25, 0.3) is 0 Å². The zero-order valence-corrected chi connectivity index (χ0v) is 14.0. The molecule has 0 unspecified atom stereocenters. The Labute approximate surface area is 142 Å². The molecule has 0 bridgehead atoms. The van der Waals surface area contributed by atoms with Crippen LogP contribution in [0.3, 0.4) is 0 Å². The van der Waals surface area contributed by atoms with E-state index in [1.165, 1.54) is 5.56 Å². The minimum absolute atomic E-state index is 0.158. The van der Waals surface area contributed by atoms with Crippen LogP contribution in [0.1, 0.15) is 28.4 Å². The van der Waals surface area contributed by atoms with Gasteiger partial charge in [-0.15, -0.1) is 0 Å². The summed E-state index contributed by atoms with van der Waals surface area (Å²) in [6.07, 6.45) is 0. The molecule has 5 heteroatoms. The minimum Gasteiger partial charge on any atom is -0.462 e. The number of aryl methyl sites for hydroxylation is 1. The third kappa shape index (κ3) is 5.21. The van der Waals surface area contributed by atoms with Gasteiger partial charge in [0.25, 0.3) is 0 Å². The number of hydrogen-bond acceptors (Lipinski definition) is 4. The molecule has 5 nitrogen and oxygen atoms in total. The lowest BCUT2D eigenvalue weighted by Gasteiger charge is -2.11. The maximum Gasteiger partial charge on any atom is 0.340 e. The number of carbonyl (C=O) groups excluding carboxylic acids is 2. The van der Waals surface area contributed by atoms with Crippen molar-refractivity contribution in [2.45, 2.75) is 20.4 Å². The molecule has 0 atom stereocenters. The molecule has 24 heavy (non-hydrogen) atoms. The molecule has 2 aromatic carbocycles. The Morgan fingerprint density at radius 3 is 2.46 bits per heavy atom. The Hall–Kier alpha value is -2.66. The lowest BCUT2D eigenvalue weighted by molar-refractivity contribution is -0.115. The average Bonchev–Trinajstić information content (AvgIpc) is 2.57. The fourth-order valence-electron chi connectivity index (χ4n) is 2.20. The number of ether oxygens (including phenoxy) is 1. The molecule has 0 saturated heterocycles. The maximum absolute atomic E-state index is 12.1. The van der Waals surface area contributed by atoms with Crippen molar-refractivity contribution in [3.05, 3.63) is 65.2 Å². The summed E-state index contributed by atoms with van der Waals surface area (Å²) in [5.74, 6) is -0.653. The molecule has 0 radical (unpaired) electrons. The zero-order chi connectivity index (χ0) is 17.4. The number of anilines is 1. The van der Waals surface area contributed by atoms with Crippen molar-refractivity contribution in [3.8, 4) is 0 Å². The summed E-state index contributed by atoms with van der Waals surface area (Å²) in [7, 11) is 0. The second kappa shape index (κ2) is 8.84. The number of nitrogens with one attached hydrogen (secondary N) is 2. The molecule has 0 saturated carbocycles. The van der Waals surface area contributed by atoms with Gasteiger partial charge in [-0.25, -0.2) is 4.79 Å². The minimum atomic E-state index is -0.444. The first-order valence-corrected chi connectivity index (χ1v) is 7.92. The Morgan fingerprint density at radius 1 is 1.04 bits per heavy atom. The number of rotatable bonds is 7. The summed E-state index contributed by atoms with van der Waals surface area (Å²) in [5, 5.41) is 5.83. The molecule has 0 spiro atoms. The van der Waals surface area contributed by atoms with Crippen LogP contribution in [0.15, 0.2) is 48.5 Å². The van der Waals surface area contributed by atoms with Crippen LogP contribution in [0.4, 0.5) is 5.69 Å². The molecule has 0 aliphatic heterocycles. The topological polar surface area (TPSA) is 67.4 Å². The van der Waals surface area contributed by atoms with Crippen LogP contribution in [0.2, 0.25) is 0 Å². The predicted octanol–water partition coefficient (Wildman–Crippen LogP) is 2.90. The van der Waals surface area contributed by atoms with Crippen molar-refractivity contribution in [1.82, 2.24) is 5.32 Å². The Kier molecular flexibility index (Phi) is 6.51. The van der Waals surface area contributed by atoms with Crippen molar-refractivity contribution >= 4 is 17.6 Å². The first kappa shape index (κ1) is 17.7. The number of amides is 1. The van der Waals surface area contributed by atoms with Gasteiger partial charge < -0.3 is 15.4 Å². The molecule has 2 aromatic rings. The van der Waals surface area contributed by atoms with Gasteiger partial charge >= 0.3 is 5.97 Å². The highest BCUT2D eigenvalue weighted by Gasteiger charge is 2.13. The highest BCUT2D eigenvalue weighted by Crippen LogP contribution is 2.16. The summed E-state index contributed by atoms with van der Waals surface area (Å²) in [4.78, 5) is 23.9. The first-order chi connectivity index (χ1) is 11.6. The van der Waals surface area contributed by atoms with Gasteiger partial charge in [0.15, 0.2) is 0 Å². The van der Waals surface area contributed by atoms with E-state index in [0.717, 1.165) is 5.56 Å². The second-order valence-electron chi connectivity index (χ2n) is 5.40. The van der Waals surface area contributed by atoms with Crippen LogP contribution in [-0.2, 0) is 16.1 Å². The van der Waals surface area contributed by atoms with Crippen molar-refractivity contribution < 1.29 is 14.3 Å². The van der Waals surface area contributed by atoms with E-state index in [4.69, 9.17) is 4.74 Å². The standard InChI is InChI=1S/C19H22N2O3/c1-3-24-19(23)16-6-4-5-7-17(16)21-18(22)13-20-12-15-10-8-14(2)9-11-15/h4-11,20H,3,12-13H2,1-2H3,(H,21,22). The molecule has 0 aliphatic rings. The highest BCUT2D eigenvalue weighted by atomic mass is 16.5. The van der Waals surface area contributed by atoms with Crippen LogP contribution >= 0.6 is 0 Å². The number of esters is 1. The molecule has 0 aromatic heterocycles. The molecule has 126 valence electrons. The molecule has 0 heterocycles. The SMILES string of the molecule is CCOC(=O)c1ccccc1NC(=O)CNCc1ccc(C)cc1. The average molecular weight is 326 g/mol. The number of hydrogen-bond donors (Lipinski definition) is 2. The van der Waals surface area contributed by atoms with Gasteiger partial charge in [-0.05, 0) is 31.5 Å². The van der Waals surface area contributed by atoms with E-state index in [9.17, 15) is 9.59 Å². The van der Waals surface area contributed by atoms with Crippen LogP contribution < -0.4 is 10.6 Å². The molecular weight excluding hydrogens is 304 g/mol. The van der Waals surface area contributed by atoms with E-state index in [0.29, 0.717) is 24.4 Å². The van der Waals surface area contributed by atoms with Crippen LogP contribution in [0.5, 0.6) is 0 Å². The Bertz CT molecular complexity index is 696. The number of benzene rings is 2. The predicted molar refractivity (Wildman–Crippen MR) is 93.9 cm³/mol. The fourth-order valence-corrected chi connectivity index (χ4v) is 2.20. The lowest BCUT2D eigenvalue weighted by Crippen LogP contribution is -2.28. The van der Waals surface area contributed by atoms with E-state index in [1.54, 1.807) is 31.2 Å². The van der Waals surface area contributed by atoms with Gasteiger partial charge in [0.1, 0.15) is 0 Å². The monoisotopic (exact) mass is 326 g/mol. The van der Waals surface area contributed by atoms with Gasteiger partial charge in [0, 0.05) is 6.54 Å². The number of carbonyl (C=O) groups is 2. The maximum atomic E-state index is 12.1. The summed E-state index contributed by atoms with van der Waals surface area (Å²) in [6.45, 7) is 4.83. The molecule has 0 aliphatic carbocycles. The summed E-state index contributed by atoms with van der Waals surface area (Å²) < 4.78 is 4.99. The van der Waals surface area contributed by atoms with E-state index in [2.05, 4.69) is 10.6 Å². The smallest absolute Gasteiger partial charge is 0.340 e. The normalized spacial score (nSPS) is 10.2. The zero-order valence-electron chi connectivity index (χ0n) is 14.0. The summed E-state index contributed by atoms with van der Waals surface area (Å²) in [6, 6.07) is 14.9. The Morgan fingerprint density at radius 2 is 1.75 bits per heavy atom. The summed E-state index contributed by atoms with van der Waals surface area (Å²) >= 11 is 0. The molecule has 0 fully saturated rings. The van der Waals surface area contributed by atoms with Gasteiger partial charge in [0.05, 0.1) is 24.4 Å². The van der Waals surface area contributed by atoms with E-state index in [-0.39, 0.29) is 12.5 Å². The second-order valence-corrected chi connectivity index (χ2v) is 5.40. The van der Waals surface area contributed by atoms with Crippen molar-refractivity contribution in [1.29, 1.82) is 0 Å². The van der Waals surface area contributed by atoms with Gasteiger partial charge in [-0.1, -0.05) is 42.0 Å². The fraction of sp³-hybridized carbons (Fsp3) is 0.263. The molecule has 2 rings (SSSR count). The molecule has 1 amide bonds. The molecule has 2 N–H and O–H groups in total. The molecular formula is C19H22N2O3. The van der Waals surface area contributed by atoms with Crippen LogP contribution in [0, 0.1) is 6.92 Å². The third-order valence-electron chi connectivity index (χ3n) is 3.43. The third-order valence-corrected chi connectivity index (χ3v) is 3.43. The van der Waals surface area contributed by atoms with E-state index >= 15 is 0 Å². The first-order valence-electron chi connectivity index (χ1n) is 7.92.